The van der Waals surface area contributed by atoms with Crippen LogP contribution in [0.5, 0.6) is 0 Å². The maximum Gasteiger partial charge on any atom is 0.336 e. The molecule has 2 rings (SSSR count). The third-order valence-corrected chi connectivity index (χ3v) is 1.98. The zero-order chi connectivity index (χ0) is 10.8. The lowest BCUT2D eigenvalue weighted by Gasteiger charge is -1.92. The fourth-order valence-corrected chi connectivity index (χ4v) is 1.28. The Bertz CT molecular complexity index is 744. The molecule has 1 aromatic carbocycles. The summed E-state index contributed by atoms with van der Waals surface area (Å²) in [6.45, 7) is 0. The highest BCUT2D eigenvalue weighted by Crippen LogP contribution is 2.04. The number of hydrogen-bond acceptors (Lipinski definition) is 4. The van der Waals surface area contributed by atoms with Crippen LogP contribution < -0.4 is 16.1 Å². The van der Waals surface area contributed by atoms with Crippen molar-refractivity contribution < 1.29 is 14.0 Å². The van der Waals surface area contributed by atoms with Gasteiger partial charge in [0.2, 0.25) is 0 Å². The fourth-order valence-electron chi connectivity index (χ4n) is 1.28. The van der Waals surface area contributed by atoms with E-state index < -0.39 is 5.63 Å². The zero-order valence-electron chi connectivity index (χ0n) is 7.44. The Kier molecular flexibility index (Phi) is 2.07. The normalized spacial score (nSPS) is 9.60. The molecule has 1 heterocycles. The van der Waals surface area contributed by atoms with E-state index in [4.69, 9.17) is 4.42 Å². The predicted molar refractivity (Wildman–Crippen MR) is 51.3 cm³/mol. The van der Waals surface area contributed by atoms with Crippen molar-refractivity contribution >= 4 is 22.9 Å². The van der Waals surface area contributed by atoms with Crippen molar-refractivity contribution in [2.24, 2.45) is 0 Å². The monoisotopic (exact) mass is 200 g/mol. The van der Waals surface area contributed by atoms with Crippen LogP contribution in [0, 0.1) is 0 Å². The molecule has 0 spiro atoms. The topological polar surface area (TPSA) is 64.3 Å². The second-order valence-electron chi connectivity index (χ2n) is 2.89. The van der Waals surface area contributed by atoms with Crippen molar-refractivity contribution in [1.82, 2.24) is 0 Å². The molecular weight excluding hydrogens is 196 g/mol. The predicted octanol–water partition coefficient (Wildman–Crippen LogP) is -1.20. The van der Waals surface area contributed by atoms with Gasteiger partial charge in [0.25, 0.3) is 0 Å². The van der Waals surface area contributed by atoms with Gasteiger partial charge in [0.15, 0.2) is 0 Å². The van der Waals surface area contributed by atoms with Crippen molar-refractivity contribution in [1.29, 1.82) is 0 Å². The van der Waals surface area contributed by atoms with Crippen molar-refractivity contribution in [3.8, 4) is 0 Å². The van der Waals surface area contributed by atoms with Gasteiger partial charge in [0, 0.05) is 17.5 Å². The Labute approximate surface area is 82.8 Å². The third-order valence-electron chi connectivity index (χ3n) is 1.98. The molecule has 4 heteroatoms. The number of hydrogen-bond donors (Lipinski definition) is 0. The highest BCUT2D eigenvalue weighted by Gasteiger charge is 1.98. The Hall–Kier alpha value is -2.41. The first kappa shape index (κ1) is 9.16. The van der Waals surface area contributed by atoms with Crippen LogP contribution in [-0.4, -0.2) is 11.9 Å². The molecule has 0 amide bonds. The second kappa shape index (κ2) is 3.39. The molecule has 0 saturated heterocycles. The van der Waals surface area contributed by atoms with Crippen LogP contribution >= 0.6 is 0 Å². The highest BCUT2D eigenvalue weighted by molar-refractivity contribution is 5.78. The molecule has 0 fully saturated rings. The van der Waals surface area contributed by atoms with Crippen LogP contribution in [-0.2, 0) is 9.59 Å². The maximum absolute atomic E-state index is 10.9. The summed E-state index contributed by atoms with van der Waals surface area (Å²) in [7, 11) is 0. The Morgan fingerprint density at radius 1 is 1.00 bits per heavy atom. The lowest BCUT2D eigenvalue weighted by atomic mass is 10.2. The molecular formula is C11H4O4. The molecule has 0 aliphatic heterocycles. The minimum Gasteiger partial charge on any atom is -0.423 e. The number of fused-ring (bicyclic) bond motifs is 1. The molecule has 0 unspecified atom stereocenters. The van der Waals surface area contributed by atoms with Gasteiger partial charge in [-0.05, 0) is 12.1 Å². The van der Waals surface area contributed by atoms with Gasteiger partial charge in [-0.1, -0.05) is 0 Å². The molecule has 15 heavy (non-hydrogen) atoms. The summed E-state index contributed by atoms with van der Waals surface area (Å²) in [5.41, 5.74) is -0.262. The van der Waals surface area contributed by atoms with E-state index in [0.717, 1.165) is 0 Å². The minimum absolute atomic E-state index is 0.0341. The van der Waals surface area contributed by atoms with E-state index in [9.17, 15) is 14.4 Å². The van der Waals surface area contributed by atoms with Gasteiger partial charge < -0.3 is 4.42 Å². The van der Waals surface area contributed by atoms with Gasteiger partial charge >= 0.3 is 5.63 Å². The number of carbonyl (C=O) groups excluding carboxylic acids is 2. The van der Waals surface area contributed by atoms with E-state index in [1.807, 2.05) is 0 Å². The van der Waals surface area contributed by atoms with Gasteiger partial charge in [-0.3, -0.25) is 0 Å². The van der Waals surface area contributed by atoms with Crippen LogP contribution in [0.3, 0.4) is 0 Å². The summed E-state index contributed by atoms with van der Waals surface area (Å²) in [6.07, 6.45) is 0. The second-order valence-corrected chi connectivity index (χ2v) is 2.89. The number of benzene rings is 1. The van der Waals surface area contributed by atoms with Gasteiger partial charge in [0.1, 0.15) is 17.5 Å². The standard InChI is InChI=1S/C11H4O4/c12-5-8-3-7-1-2-11(14)15-10(7)4-9(8)6-13/h1-4H. The quantitative estimate of drug-likeness (QED) is 0.501. The number of rotatable bonds is 0. The average Bonchev–Trinajstić information content (AvgIpc) is 2.27. The molecule has 0 bridgehead atoms. The van der Waals surface area contributed by atoms with Crippen LogP contribution in [0.25, 0.3) is 11.0 Å². The lowest BCUT2D eigenvalue weighted by Crippen LogP contribution is -2.26. The van der Waals surface area contributed by atoms with Gasteiger partial charge in [-0.2, -0.15) is 0 Å². The SMILES string of the molecule is O=C=c1cc2ccc(=O)oc2cc1=C=O. The van der Waals surface area contributed by atoms with Crippen LogP contribution in [0.1, 0.15) is 0 Å². The Morgan fingerprint density at radius 2 is 1.67 bits per heavy atom. The van der Waals surface area contributed by atoms with Crippen LogP contribution in [0.2, 0.25) is 0 Å². The molecule has 0 atom stereocenters. The van der Waals surface area contributed by atoms with Gasteiger partial charge in [0.05, 0.1) is 10.4 Å². The fraction of sp³-hybridized carbons (Fsp3) is 0. The van der Waals surface area contributed by atoms with Crippen LogP contribution in [0.15, 0.2) is 33.5 Å². The molecule has 0 aliphatic rings. The Balaban J connectivity index is 3.15. The molecule has 2 aromatic rings. The molecule has 0 saturated carbocycles. The van der Waals surface area contributed by atoms with E-state index in [1.54, 1.807) is 11.9 Å². The van der Waals surface area contributed by atoms with E-state index in [1.165, 1.54) is 24.3 Å². The van der Waals surface area contributed by atoms with Crippen molar-refractivity contribution in [3.05, 3.63) is 45.1 Å². The van der Waals surface area contributed by atoms with Crippen LogP contribution in [0.4, 0.5) is 0 Å². The Morgan fingerprint density at radius 3 is 2.33 bits per heavy atom. The van der Waals surface area contributed by atoms with E-state index in [0.29, 0.717) is 5.39 Å². The van der Waals surface area contributed by atoms with Gasteiger partial charge in [-0.25, -0.2) is 14.4 Å². The summed E-state index contributed by atoms with van der Waals surface area (Å²) in [6, 6.07) is 5.47. The first-order chi connectivity index (χ1) is 7.24. The third kappa shape index (κ3) is 1.51. The zero-order valence-corrected chi connectivity index (χ0v) is 7.44. The molecule has 0 radical (unpaired) electrons. The van der Waals surface area contributed by atoms with Crippen molar-refractivity contribution in [3.63, 3.8) is 0 Å². The summed E-state index contributed by atoms with van der Waals surface area (Å²) >= 11 is 0. The summed E-state index contributed by atoms with van der Waals surface area (Å²) < 4.78 is 4.84. The molecule has 0 aliphatic carbocycles. The van der Waals surface area contributed by atoms with E-state index in [2.05, 4.69) is 0 Å². The van der Waals surface area contributed by atoms with Crippen molar-refractivity contribution in [2.45, 2.75) is 0 Å². The largest absolute Gasteiger partial charge is 0.423 e. The summed E-state index contributed by atoms with van der Waals surface area (Å²) in [4.78, 5) is 31.9. The van der Waals surface area contributed by atoms with E-state index >= 15 is 0 Å². The van der Waals surface area contributed by atoms with Crippen molar-refractivity contribution in [2.75, 3.05) is 0 Å². The highest BCUT2D eigenvalue weighted by atomic mass is 16.4. The molecule has 0 N–H and O–H groups in total. The summed E-state index contributed by atoms with van der Waals surface area (Å²) in [5.74, 6) is 3.20. The minimum atomic E-state index is -0.512. The smallest absolute Gasteiger partial charge is 0.336 e. The lowest BCUT2D eigenvalue weighted by molar-refractivity contribution is 0.558. The summed E-state index contributed by atoms with van der Waals surface area (Å²) in [5, 5.41) is 0.699. The molecule has 72 valence electrons. The first-order valence-electron chi connectivity index (χ1n) is 4.09. The van der Waals surface area contributed by atoms with Gasteiger partial charge in [-0.15, -0.1) is 0 Å². The first-order valence-corrected chi connectivity index (χ1v) is 4.09. The molecule has 4 nitrogen and oxygen atoms in total. The molecule has 1 aromatic heterocycles. The average molecular weight is 200 g/mol. The van der Waals surface area contributed by atoms with E-state index in [-0.39, 0.29) is 16.0 Å². The maximum atomic E-state index is 10.9.